The van der Waals surface area contributed by atoms with Crippen molar-refractivity contribution in [3.05, 3.63) is 71.3 Å². The third-order valence-corrected chi connectivity index (χ3v) is 9.30. The zero-order valence-electron chi connectivity index (χ0n) is 15.8. The first kappa shape index (κ1) is 19.9. The highest BCUT2D eigenvalue weighted by atomic mass is 32.2. The zero-order valence-corrected chi connectivity index (χ0v) is 17.4. The first-order valence-corrected chi connectivity index (χ1v) is 11.4. The van der Waals surface area contributed by atoms with Crippen LogP contribution < -0.4 is 4.74 Å². The summed E-state index contributed by atoms with van der Waals surface area (Å²) in [5, 5.41) is -0.349. The predicted molar refractivity (Wildman–Crippen MR) is 115 cm³/mol. The number of methoxy groups -OCH3 is 2. The molecule has 1 aliphatic heterocycles. The SMILES string of the molecule is COC(=O)C([C-]=Cc1ccc(OC)cc1)[S+]1CCSC1c1ccc(C)cc1. The lowest BCUT2D eigenvalue weighted by atomic mass is 10.2. The van der Waals surface area contributed by atoms with Crippen molar-refractivity contribution >= 4 is 34.7 Å². The van der Waals surface area contributed by atoms with E-state index in [0.717, 1.165) is 22.8 Å². The average molecular weight is 401 g/mol. The van der Waals surface area contributed by atoms with Crippen LogP contribution in [0.15, 0.2) is 48.5 Å². The first-order valence-electron chi connectivity index (χ1n) is 8.80. The van der Waals surface area contributed by atoms with Gasteiger partial charge in [-0.2, -0.15) is 5.56 Å². The summed E-state index contributed by atoms with van der Waals surface area (Å²) in [4.78, 5) is 12.5. The van der Waals surface area contributed by atoms with E-state index in [0.29, 0.717) is 4.58 Å². The molecule has 1 saturated heterocycles. The Morgan fingerprint density at radius 3 is 2.52 bits per heavy atom. The zero-order chi connectivity index (χ0) is 19.2. The second-order valence-electron chi connectivity index (χ2n) is 6.27. The molecule has 1 aliphatic rings. The minimum atomic E-state index is -0.349. The Bertz CT molecular complexity index is 784. The van der Waals surface area contributed by atoms with E-state index in [9.17, 15) is 4.79 Å². The molecule has 0 saturated carbocycles. The van der Waals surface area contributed by atoms with E-state index in [1.54, 1.807) is 7.11 Å². The number of ether oxygens (including phenoxy) is 2. The molecule has 5 heteroatoms. The van der Waals surface area contributed by atoms with Gasteiger partial charge in [0.25, 0.3) is 0 Å². The van der Waals surface area contributed by atoms with Gasteiger partial charge in [0.1, 0.15) is 11.5 Å². The average Bonchev–Trinajstić information content (AvgIpc) is 3.18. The summed E-state index contributed by atoms with van der Waals surface area (Å²) >= 11 is 1.93. The monoisotopic (exact) mass is 400 g/mol. The summed E-state index contributed by atoms with van der Waals surface area (Å²) < 4.78 is 10.6. The fourth-order valence-corrected chi connectivity index (χ4v) is 8.06. The number of esters is 1. The maximum Gasteiger partial charge on any atom is 0.344 e. The molecule has 3 atom stereocenters. The minimum Gasteiger partial charge on any atom is -0.497 e. The molecule has 142 valence electrons. The lowest BCUT2D eigenvalue weighted by molar-refractivity contribution is -0.139. The van der Waals surface area contributed by atoms with Crippen LogP contribution >= 0.6 is 11.8 Å². The second kappa shape index (κ2) is 9.38. The van der Waals surface area contributed by atoms with Crippen molar-refractivity contribution in [3.8, 4) is 5.75 Å². The van der Waals surface area contributed by atoms with Crippen LogP contribution in [0.5, 0.6) is 5.75 Å². The molecule has 0 spiro atoms. The molecule has 2 aromatic rings. The van der Waals surface area contributed by atoms with Crippen LogP contribution in [0, 0.1) is 13.0 Å². The largest absolute Gasteiger partial charge is 0.497 e. The molecule has 1 heterocycles. The molecule has 0 N–H and O–H groups in total. The normalized spacial score (nSPS) is 20.6. The van der Waals surface area contributed by atoms with Crippen LogP contribution in [0.2, 0.25) is 0 Å². The minimum absolute atomic E-state index is 0.149. The van der Waals surface area contributed by atoms with Crippen LogP contribution in [0.1, 0.15) is 21.3 Å². The van der Waals surface area contributed by atoms with Crippen molar-refractivity contribution in [1.82, 2.24) is 0 Å². The molecule has 0 radical (unpaired) electrons. The van der Waals surface area contributed by atoms with Gasteiger partial charge in [0, 0.05) is 22.2 Å². The lowest BCUT2D eigenvalue weighted by Gasteiger charge is -2.20. The van der Waals surface area contributed by atoms with Gasteiger partial charge in [-0.05, 0) is 19.1 Å². The lowest BCUT2D eigenvalue weighted by Crippen LogP contribution is -2.32. The molecule has 27 heavy (non-hydrogen) atoms. The maximum absolute atomic E-state index is 12.5. The highest BCUT2D eigenvalue weighted by Gasteiger charge is 2.44. The van der Waals surface area contributed by atoms with E-state index in [-0.39, 0.29) is 22.1 Å². The van der Waals surface area contributed by atoms with Gasteiger partial charge in [0.15, 0.2) is 9.83 Å². The Morgan fingerprint density at radius 2 is 1.89 bits per heavy atom. The Balaban J connectivity index is 1.83. The quantitative estimate of drug-likeness (QED) is 0.408. The number of hydrogen-bond donors (Lipinski definition) is 0. The molecule has 2 aromatic carbocycles. The van der Waals surface area contributed by atoms with E-state index >= 15 is 0 Å². The summed E-state index contributed by atoms with van der Waals surface area (Å²) in [5.41, 5.74) is 3.52. The third kappa shape index (κ3) is 4.90. The molecule has 1 fully saturated rings. The fraction of sp³-hybridized carbons (Fsp3) is 0.318. The third-order valence-electron chi connectivity index (χ3n) is 4.45. The van der Waals surface area contributed by atoms with Crippen molar-refractivity contribution < 1.29 is 14.3 Å². The van der Waals surface area contributed by atoms with Gasteiger partial charge in [0.05, 0.1) is 14.2 Å². The number of hydrogen-bond acceptors (Lipinski definition) is 4. The number of carbonyl (C=O) groups is 1. The van der Waals surface area contributed by atoms with Crippen LogP contribution in [0.3, 0.4) is 0 Å². The van der Waals surface area contributed by atoms with Crippen LogP contribution in [-0.2, 0) is 20.4 Å². The summed E-state index contributed by atoms with van der Waals surface area (Å²) in [6, 6.07) is 16.4. The maximum atomic E-state index is 12.5. The molecule has 0 aliphatic carbocycles. The molecule has 0 amide bonds. The molecule has 0 aromatic heterocycles. The van der Waals surface area contributed by atoms with Crippen LogP contribution in [-0.4, -0.2) is 36.9 Å². The number of aryl methyl sites for hydroxylation is 1. The molecular formula is C22H24O3S2. The van der Waals surface area contributed by atoms with Crippen molar-refractivity contribution in [2.75, 3.05) is 25.7 Å². The molecule has 3 rings (SSSR count). The standard InChI is InChI=1S/C22H24O3S2/c1-16-4-9-18(10-5-16)22-26-14-15-27(22)20(21(23)25-3)13-8-17-6-11-19(24-2)12-7-17/h4-12,20,22H,14-15H2,1-3H3. The van der Waals surface area contributed by atoms with Crippen molar-refractivity contribution in [2.45, 2.75) is 16.8 Å². The van der Waals surface area contributed by atoms with E-state index in [4.69, 9.17) is 9.47 Å². The number of carbonyl (C=O) groups excluding carboxylic acids is 1. The Labute approximate surface area is 168 Å². The van der Waals surface area contributed by atoms with Crippen LogP contribution in [0.25, 0.3) is 6.08 Å². The predicted octanol–water partition coefficient (Wildman–Crippen LogP) is 4.43. The highest BCUT2D eigenvalue weighted by Crippen LogP contribution is 2.44. The Hall–Kier alpha value is -1.85. The van der Waals surface area contributed by atoms with Gasteiger partial charge in [-0.3, -0.25) is 0 Å². The molecule has 3 unspecified atom stereocenters. The summed E-state index contributed by atoms with van der Waals surface area (Å²) in [7, 11) is 2.95. The Morgan fingerprint density at radius 1 is 1.19 bits per heavy atom. The van der Waals surface area contributed by atoms with Crippen molar-refractivity contribution in [3.63, 3.8) is 0 Å². The second-order valence-corrected chi connectivity index (χ2v) is 10.1. The number of thioether (sulfide) groups is 1. The van der Waals surface area contributed by atoms with Gasteiger partial charge < -0.3 is 9.47 Å². The van der Waals surface area contributed by atoms with E-state index in [1.807, 2.05) is 42.1 Å². The van der Waals surface area contributed by atoms with Gasteiger partial charge >= 0.3 is 5.97 Å². The summed E-state index contributed by atoms with van der Waals surface area (Å²) in [6.07, 6.45) is 5.23. The Kier molecular flexibility index (Phi) is 6.91. The molecule has 0 bridgehead atoms. The smallest absolute Gasteiger partial charge is 0.344 e. The van der Waals surface area contributed by atoms with E-state index in [1.165, 1.54) is 18.2 Å². The molecular weight excluding hydrogens is 376 g/mol. The van der Waals surface area contributed by atoms with E-state index in [2.05, 4.69) is 37.3 Å². The number of benzene rings is 2. The first-order chi connectivity index (χ1) is 13.1. The van der Waals surface area contributed by atoms with E-state index < -0.39 is 0 Å². The van der Waals surface area contributed by atoms with Gasteiger partial charge in [-0.25, -0.2) is 16.9 Å². The van der Waals surface area contributed by atoms with Crippen molar-refractivity contribution in [1.29, 1.82) is 0 Å². The topological polar surface area (TPSA) is 35.5 Å². The van der Waals surface area contributed by atoms with Crippen LogP contribution in [0.4, 0.5) is 0 Å². The fourth-order valence-electron chi connectivity index (χ4n) is 2.94. The van der Waals surface area contributed by atoms with Gasteiger partial charge in [-0.15, -0.1) is 12.1 Å². The number of rotatable bonds is 6. The molecule has 3 nitrogen and oxygen atoms in total. The summed E-state index contributed by atoms with van der Waals surface area (Å²) in [5.74, 6) is 2.67. The van der Waals surface area contributed by atoms with Crippen molar-refractivity contribution in [2.24, 2.45) is 0 Å². The highest BCUT2D eigenvalue weighted by molar-refractivity contribution is 8.18. The summed E-state index contributed by atoms with van der Waals surface area (Å²) in [6.45, 7) is 2.09. The van der Waals surface area contributed by atoms with Gasteiger partial charge in [0.2, 0.25) is 0 Å². The van der Waals surface area contributed by atoms with Gasteiger partial charge in [-0.1, -0.05) is 41.6 Å².